The molecular weight excluding hydrogens is 192 g/mol. The smallest absolute Gasteiger partial charge is 0.251 e. The van der Waals surface area contributed by atoms with Crippen LogP contribution in [0, 0.1) is 0 Å². The van der Waals surface area contributed by atoms with Crippen LogP contribution in [0.3, 0.4) is 0 Å². The lowest BCUT2D eigenvalue weighted by molar-refractivity contribution is -0.00934. The van der Waals surface area contributed by atoms with Crippen LogP contribution in [-0.4, -0.2) is 17.1 Å². The lowest BCUT2D eigenvalue weighted by atomic mass is 10.0. The molecule has 0 spiro atoms. The van der Waals surface area contributed by atoms with Gasteiger partial charge in [-0.25, -0.2) is 4.98 Å². The van der Waals surface area contributed by atoms with E-state index in [-0.39, 0.29) is 5.56 Å². The minimum absolute atomic E-state index is 0.117. The lowest BCUT2D eigenvalue weighted by Gasteiger charge is -2.25. The molecule has 0 aliphatic heterocycles. The molecule has 0 radical (unpaired) electrons. The van der Waals surface area contributed by atoms with Gasteiger partial charge in [-0.15, -0.1) is 0 Å². The number of aromatic nitrogens is 2. The highest BCUT2D eigenvalue weighted by Crippen LogP contribution is 2.24. The van der Waals surface area contributed by atoms with E-state index in [2.05, 4.69) is 9.97 Å². The maximum atomic E-state index is 11.4. The van der Waals surface area contributed by atoms with Crippen LogP contribution in [0.5, 0.6) is 0 Å². The second-order valence-corrected chi connectivity index (χ2v) is 3.73. The van der Waals surface area contributed by atoms with Crippen molar-refractivity contribution >= 4 is 0 Å². The molecule has 1 aromatic rings. The van der Waals surface area contributed by atoms with Gasteiger partial charge in [0.2, 0.25) is 0 Å². The monoisotopic (exact) mass is 210 g/mol. The normalized spacial score (nSPS) is 14.9. The number of H-pyrrole nitrogens is 1. The summed E-state index contributed by atoms with van der Waals surface area (Å²) in [5.74, 6) is 0.608. The lowest BCUT2D eigenvalue weighted by Crippen LogP contribution is -2.29. The summed E-state index contributed by atoms with van der Waals surface area (Å²) in [6.45, 7) is 5.90. The third kappa shape index (κ3) is 2.45. The van der Waals surface area contributed by atoms with E-state index in [9.17, 15) is 4.79 Å². The summed E-state index contributed by atoms with van der Waals surface area (Å²) in [6.07, 6.45) is 1.51. The Hall–Kier alpha value is -1.16. The molecule has 0 amide bonds. The quantitative estimate of drug-likeness (QED) is 0.821. The van der Waals surface area contributed by atoms with E-state index in [1.807, 2.05) is 20.8 Å². The maximum Gasteiger partial charge on any atom is 0.251 e. The van der Waals surface area contributed by atoms with Crippen molar-refractivity contribution in [2.45, 2.75) is 39.2 Å². The molecule has 4 nitrogen and oxygen atoms in total. The van der Waals surface area contributed by atoms with Crippen molar-refractivity contribution in [3.05, 3.63) is 27.9 Å². The minimum atomic E-state index is -0.510. The van der Waals surface area contributed by atoms with Gasteiger partial charge in [0.25, 0.3) is 5.56 Å². The molecule has 1 N–H and O–H groups in total. The van der Waals surface area contributed by atoms with Crippen molar-refractivity contribution in [1.82, 2.24) is 9.97 Å². The Balaban J connectivity index is 3.24. The molecule has 84 valence electrons. The standard InChI is InChI=1S/C11H18N2O2/c1-5-8-7-9(14)13-10(12-8)11(3,6-2)15-4/h7H,5-6H2,1-4H3,(H,12,13,14). The van der Waals surface area contributed by atoms with Crippen LogP contribution in [0.15, 0.2) is 10.9 Å². The van der Waals surface area contributed by atoms with E-state index in [0.717, 1.165) is 18.5 Å². The Kier molecular flexibility index (Phi) is 3.63. The summed E-state index contributed by atoms with van der Waals surface area (Å²) in [6, 6.07) is 1.52. The Morgan fingerprint density at radius 3 is 2.67 bits per heavy atom. The van der Waals surface area contributed by atoms with Gasteiger partial charge >= 0.3 is 0 Å². The zero-order valence-electron chi connectivity index (χ0n) is 9.76. The molecule has 1 unspecified atom stereocenters. The van der Waals surface area contributed by atoms with E-state index in [0.29, 0.717) is 5.82 Å². The molecule has 1 rings (SSSR count). The highest BCUT2D eigenvalue weighted by Gasteiger charge is 2.26. The molecule has 0 aromatic carbocycles. The molecular formula is C11H18N2O2. The highest BCUT2D eigenvalue weighted by atomic mass is 16.5. The molecule has 1 heterocycles. The number of hydrogen-bond acceptors (Lipinski definition) is 3. The molecule has 4 heteroatoms. The zero-order chi connectivity index (χ0) is 11.5. The van der Waals surface area contributed by atoms with Crippen LogP contribution in [0.1, 0.15) is 38.7 Å². The molecule has 0 aliphatic rings. The van der Waals surface area contributed by atoms with Gasteiger partial charge in [-0.3, -0.25) is 4.79 Å². The van der Waals surface area contributed by atoms with Crippen LogP contribution in [0.4, 0.5) is 0 Å². The van der Waals surface area contributed by atoms with Crippen LogP contribution >= 0.6 is 0 Å². The summed E-state index contributed by atoms with van der Waals surface area (Å²) in [5.41, 5.74) is 0.170. The number of methoxy groups -OCH3 is 1. The maximum absolute atomic E-state index is 11.4. The fourth-order valence-corrected chi connectivity index (χ4v) is 1.35. The Morgan fingerprint density at radius 1 is 1.53 bits per heavy atom. The van der Waals surface area contributed by atoms with E-state index >= 15 is 0 Å². The van der Waals surface area contributed by atoms with Crippen LogP contribution in [0.25, 0.3) is 0 Å². The van der Waals surface area contributed by atoms with Gasteiger partial charge in [-0.1, -0.05) is 13.8 Å². The largest absolute Gasteiger partial charge is 0.371 e. The second-order valence-electron chi connectivity index (χ2n) is 3.73. The van der Waals surface area contributed by atoms with Gasteiger partial charge in [0, 0.05) is 18.9 Å². The van der Waals surface area contributed by atoms with Gasteiger partial charge in [-0.2, -0.15) is 0 Å². The second kappa shape index (κ2) is 4.57. The predicted molar refractivity (Wildman–Crippen MR) is 58.9 cm³/mol. The van der Waals surface area contributed by atoms with Gasteiger partial charge < -0.3 is 9.72 Å². The summed E-state index contributed by atoms with van der Waals surface area (Å²) >= 11 is 0. The topological polar surface area (TPSA) is 55.0 Å². The fourth-order valence-electron chi connectivity index (χ4n) is 1.35. The Bertz CT molecular complexity index is 380. The average molecular weight is 210 g/mol. The first-order valence-electron chi connectivity index (χ1n) is 5.21. The molecule has 15 heavy (non-hydrogen) atoms. The number of nitrogens with one attached hydrogen (secondary N) is 1. The van der Waals surface area contributed by atoms with Crippen molar-refractivity contribution in [2.24, 2.45) is 0 Å². The van der Waals surface area contributed by atoms with Gasteiger partial charge in [0.15, 0.2) is 0 Å². The minimum Gasteiger partial charge on any atom is -0.371 e. The van der Waals surface area contributed by atoms with E-state index in [1.165, 1.54) is 6.07 Å². The average Bonchev–Trinajstić information content (AvgIpc) is 2.27. The van der Waals surface area contributed by atoms with Crippen molar-refractivity contribution in [2.75, 3.05) is 7.11 Å². The van der Waals surface area contributed by atoms with Crippen molar-refractivity contribution in [1.29, 1.82) is 0 Å². The number of aromatic amines is 1. The molecule has 0 bridgehead atoms. The molecule has 0 fully saturated rings. The number of rotatable bonds is 4. The number of aryl methyl sites for hydroxylation is 1. The summed E-state index contributed by atoms with van der Waals surface area (Å²) in [5, 5.41) is 0. The number of ether oxygens (including phenoxy) is 1. The first kappa shape index (κ1) is 11.9. The van der Waals surface area contributed by atoms with E-state index in [1.54, 1.807) is 7.11 Å². The van der Waals surface area contributed by atoms with Crippen molar-refractivity contribution in [3.8, 4) is 0 Å². The fraction of sp³-hybridized carbons (Fsp3) is 0.636. The van der Waals surface area contributed by atoms with Crippen molar-refractivity contribution in [3.63, 3.8) is 0 Å². The zero-order valence-corrected chi connectivity index (χ0v) is 9.76. The van der Waals surface area contributed by atoms with Crippen LogP contribution in [-0.2, 0) is 16.8 Å². The third-order valence-electron chi connectivity index (χ3n) is 2.78. The molecule has 0 saturated heterocycles. The Morgan fingerprint density at radius 2 is 2.20 bits per heavy atom. The van der Waals surface area contributed by atoms with E-state index < -0.39 is 5.60 Å². The molecule has 1 atom stereocenters. The highest BCUT2D eigenvalue weighted by molar-refractivity contribution is 5.07. The molecule has 0 saturated carbocycles. The summed E-state index contributed by atoms with van der Waals surface area (Å²) in [7, 11) is 1.63. The van der Waals surface area contributed by atoms with Gasteiger partial charge in [0.05, 0.1) is 0 Å². The SMILES string of the molecule is CCc1cc(=O)[nH]c(C(C)(CC)OC)n1. The van der Waals surface area contributed by atoms with Gasteiger partial charge in [-0.05, 0) is 19.8 Å². The summed E-state index contributed by atoms with van der Waals surface area (Å²) < 4.78 is 5.39. The third-order valence-corrected chi connectivity index (χ3v) is 2.78. The first-order valence-corrected chi connectivity index (χ1v) is 5.21. The molecule has 0 aliphatic carbocycles. The van der Waals surface area contributed by atoms with Gasteiger partial charge in [0.1, 0.15) is 11.4 Å². The van der Waals surface area contributed by atoms with Crippen LogP contribution in [0.2, 0.25) is 0 Å². The van der Waals surface area contributed by atoms with Crippen molar-refractivity contribution < 1.29 is 4.74 Å². The first-order chi connectivity index (χ1) is 7.05. The number of hydrogen-bond donors (Lipinski definition) is 1. The number of nitrogens with zero attached hydrogens (tertiary/aromatic N) is 1. The van der Waals surface area contributed by atoms with Crippen LogP contribution < -0.4 is 5.56 Å². The Labute approximate surface area is 89.7 Å². The predicted octanol–water partition coefficient (Wildman–Crippen LogP) is 1.60. The summed E-state index contributed by atoms with van der Waals surface area (Å²) in [4.78, 5) is 18.5. The van der Waals surface area contributed by atoms with E-state index in [4.69, 9.17) is 4.74 Å². The molecule has 1 aromatic heterocycles.